The maximum atomic E-state index is 11.4. The minimum Gasteiger partial charge on any atom is -0.309 e. The molecule has 0 aliphatic carbocycles. The fraction of sp³-hybridized carbons (Fsp3) is 0.444. The quantitative estimate of drug-likeness (QED) is 0.807. The Hall–Kier alpha value is -1.37. The predicted molar refractivity (Wildman–Crippen MR) is 59.6 cm³/mol. The molecule has 7 heteroatoms. The van der Waals surface area contributed by atoms with Crippen molar-refractivity contribution in [3.8, 4) is 0 Å². The average molecular weight is 287 g/mol. The van der Waals surface area contributed by atoms with Crippen LogP contribution >= 0.6 is 15.9 Å². The molecule has 1 aliphatic heterocycles. The third-order valence-corrected chi connectivity index (χ3v) is 3.50. The van der Waals surface area contributed by atoms with Gasteiger partial charge in [0.1, 0.15) is 6.54 Å². The first-order valence-corrected chi connectivity index (χ1v) is 5.55. The summed E-state index contributed by atoms with van der Waals surface area (Å²) in [4.78, 5) is 23.8. The Morgan fingerprint density at radius 1 is 1.50 bits per heavy atom. The van der Waals surface area contributed by atoms with Crippen molar-refractivity contribution in [1.82, 2.24) is 20.0 Å². The van der Waals surface area contributed by atoms with Crippen molar-refractivity contribution in [2.24, 2.45) is 7.05 Å². The Kier molecular flexibility index (Phi) is 2.71. The second-order valence-electron chi connectivity index (χ2n) is 3.68. The summed E-state index contributed by atoms with van der Waals surface area (Å²) < 4.78 is 2.58. The van der Waals surface area contributed by atoms with Crippen molar-refractivity contribution in [2.45, 2.75) is 13.5 Å². The van der Waals surface area contributed by atoms with Crippen LogP contribution in [0, 0.1) is 6.92 Å². The van der Waals surface area contributed by atoms with Gasteiger partial charge >= 0.3 is 6.03 Å². The number of hydrogen-bond acceptors (Lipinski definition) is 3. The molecule has 3 amide bonds. The molecule has 0 atom stereocenters. The van der Waals surface area contributed by atoms with Gasteiger partial charge in [0.05, 0.1) is 22.4 Å². The summed E-state index contributed by atoms with van der Waals surface area (Å²) in [6.07, 6.45) is 0. The number of carbonyl (C=O) groups excluding carboxylic acids is 2. The van der Waals surface area contributed by atoms with Gasteiger partial charge < -0.3 is 4.90 Å². The van der Waals surface area contributed by atoms with Crippen LogP contribution in [-0.4, -0.2) is 33.2 Å². The predicted octanol–water partition coefficient (Wildman–Crippen LogP) is 0.543. The molecule has 2 heterocycles. The number of carbonyl (C=O) groups is 2. The summed E-state index contributed by atoms with van der Waals surface area (Å²) in [5, 5.41) is 6.46. The van der Waals surface area contributed by atoms with Crippen LogP contribution in [0.4, 0.5) is 4.79 Å². The highest BCUT2D eigenvalue weighted by Gasteiger charge is 2.28. The number of hydrogen-bond donors (Lipinski definition) is 1. The average Bonchev–Trinajstić information content (AvgIpc) is 2.62. The monoisotopic (exact) mass is 286 g/mol. The van der Waals surface area contributed by atoms with E-state index in [-0.39, 0.29) is 18.5 Å². The molecule has 16 heavy (non-hydrogen) atoms. The Bertz CT molecular complexity index is 468. The Morgan fingerprint density at radius 3 is 2.62 bits per heavy atom. The van der Waals surface area contributed by atoms with E-state index in [2.05, 4.69) is 26.3 Å². The van der Waals surface area contributed by atoms with Crippen molar-refractivity contribution in [3.05, 3.63) is 15.9 Å². The van der Waals surface area contributed by atoms with E-state index in [4.69, 9.17) is 0 Å². The fourth-order valence-corrected chi connectivity index (χ4v) is 2.10. The highest BCUT2D eigenvalue weighted by molar-refractivity contribution is 9.10. The van der Waals surface area contributed by atoms with Gasteiger partial charge in [-0.2, -0.15) is 5.10 Å². The molecule has 0 aromatic carbocycles. The maximum Gasteiger partial charge on any atom is 0.324 e. The van der Waals surface area contributed by atoms with E-state index in [1.54, 1.807) is 4.68 Å². The van der Waals surface area contributed by atoms with Gasteiger partial charge in [-0.3, -0.25) is 14.8 Å². The molecule has 0 bridgehead atoms. The first-order valence-electron chi connectivity index (χ1n) is 4.75. The van der Waals surface area contributed by atoms with E-state index < -0.39 is 0 Å². The van der Waals surface area contributed by atoms with Gasteiger partial charge in [-0.1, -0.05) is 0 Å². The van der Waals surface area contributed by atoms with Crippen LogP contribution in [0.25, 0.3) is 0 Å². The van der Waals surface area contributed by atoms with Crippen LogP contribution in [0.1, 0.15) is 11.4 Å². The molecule has 1 aliphatic rings. The molecule has 1 aromatic heterocycles. The fourth-order valence-electron chi connectivity index (χ4n) is 1.64. The van der Waals surface area contributed by atoms with Crippen molar-refractivity contribution in [3.63, 3.8) is 0 Å². The third-order valence-electron chi connectivity index (χ3n) is 2.47. The summed E-state index contributed by atoms with van der Waals surface area (Å²) in [7, 11) is 1.81. The van der Waals surface area contributed by atoms with Gasteiger partial charge in [-0.15, -0.1) is 0 Å². The molecular weight excluding hydrogens is 276 g/mol. The molecule has 0 unspecified atom stereocenters. The van der Waals surface area contributed by atoms with E-state index in [0.717, 1.165) is 15.9 Å². The minimum atomic E-state index is -0.351. The number of urea groups is 1. The molecular formula is C9H11BrN4O2. The minimum absolute atomic E-state index is 0.107. The van der Waals surface area contributed by atoms with E-state index in [0.29, 0.717) is 6.54 Å². The second kappa shape index (κ2) is 3.89. The first kappa shape index (κ1) is 11.1. The zero-order valence-corrected chi connectivity index (χ0v) is 10.5. The highest BCUT2D eigenvalue weighted by Crippen LogP contribution is 2.22. The number of rotatable bonds is 2. The standard InChI is InChI=1S/C9H11BrN4O2/c1-5-8(10)6(13(2)12-5)3-14-4-7(15)11-9(14)16/h3-4H2,1-2H3,(H,11,15,16). The zero-order chi connectivity index (χ0) is 11.9. The number of nitrogens with one attached hydrogen (secondary N) is 1. The largest absolute Gasteiger partial charge is 0.324 e. The maximum absolute atomic E-state index is 11.4. The number of halogens is 1. The Labute approximate surface area is 101 Å². The van der Waals surface area contributed by atoms with Gasteiger partial charge in [0.2, 0.25) is 5.91 Å². The summed E-state index contributed by atoms with van der Waals surface area (Å²) >= 11 is 3.42. The highest BCUT2D eigenvalue weighted by atomic mass is 79.9. The lowest BCUT2D eigenvalue weighted by atomic mass is 10.3. The second-order valence-corrected chi connectivity index (χ2v) is 4.47. The number of aryl methyl sites for hydroxylation is 2. The number of aromatic nitrogens is 2. The summed E-state index contributed by atoms with van der Waals surface area (Å²) in [6, 6.07) is -0.351. The molecule has 2 rings (SSSR count). The lowest BCUT2D eigenvalue weighted by Crippen LogP contribution is -2.28. The van der Waals surface area contributed by atoms with Crippen LogP contribution in [0.5, 0.6) is 0 Å². The number of imide groups is 1. The van der Waals surface area contributed by atoms with E-state index >= 15 is 0 Å². The lowest BCUT2D eigenvalue weighted by molar-refractivity contribution is -0.118. The summed E-state index contributed by atoms with van der Waals surface area (Å²) in [6.45, 7) is 2.35. The van der Waals surface area contributed by atoms with E-state index in [1.165, 1.54) is 4.90 Å². The number of nitrogens with zero attached hydrogens (tertiary/aromatic N) is 3. The molecule has 0 spiro atoms. The molecule has 0 radical (unpaired) electrons. The van der Waals surface area contributed by atoms with E-state index in [9.17, 15) is 9.59 Å². The van der Waals surface area contributed by atoms with E-state index in [1.807, 2.05) is 14.0 Å². The molecule has 1 N–H and O–H groups in total. The number of amides is 3. The van der Waals surface area contributed by atoms with Gasteiger partial charge in [0.25, 0.3) is 0 Å². The summed E-state index contributed by atoms with van der Waals surface area (Å²) in [5.41, 5.74) is 1.74. The topological polar surface area (TPSA) is 67.2 Å². The Morgan fingerprint density at radius 2 is 2.19 bits per heavy atom. The van der Waals surface area contributed by atoms with Gasteiger partial charge in [-0.25, -0.2) is 4.79 Å². The van der Waals surface area contributed by atoms with Gasteiger partial charge in [-0.05, 0) is 22.9 Å². The third kappa shape index (κ3) is 1.82. The van der Waals surface area contributed by atoms with Crippen molar-refractivity contribution < 1.29 is 9.59 Å². The molecule has 1 saturated heterocycles. The van der Waals surface area contributed by atoms with Crippen LogP contribution in [0.2, 0.25) is 0 Å². The van der Waals surface area contributed by atoms with Crippen molar-refractivity contribution in [2.75, 3.05) is 6.54 Å². The Balaban J connectivity index is 2.21. The summed E-state index contributed by atoms with van der Waals surface area (Å²) in [5.74, 6) is -0.264. The van der Waals surface area contributed by atoms with Crippen LogP contribution in [-0.2, 0) is 18.4 Å². The molecule has 86 valence electrons. The van der Waals surface area contributed by atoms with Crippen molar-refractivity contribution in [1.29, 1.82) is 0 Å². The van der Waals surface area contributed by atoms with Crippen molar-refractivity contribution >= 4 is 27.9 Å². The van der Waals surface area contributed by atoms with Gasteiger partial charge in [0.15, 0.2) is 0 Å². The zero-order valence-electron chi connectivity index (χ0n) is 8.95. The lowest BCUT2D eigenvalue weighted by Gasteiger charge is -2.13. The molecule has 6 nitrogen and oxygen atoms in total. The molecule has 1 fully saturated rings. The SMILES string of the molecule is Cc1nn(C)c(CN2CC(=O)NC2=O)c1Br. The molecule has 0 saturated carbocycles. The van der Waals surface area contributed by atoms with Crippen LogP contribution in [0.3, 0.4) is 0 Å². The normalized spacial score (nSPS) is 15.8. The molecule has 1 aromatic rings. The first-order chi connectivity index (χ1) is 7.49. The van der Waals surface area contributed by atoms with Crippen LogP contribution < -0.4 is 5.32 Å². The van der Waals surface area contributed by atoms with Gasteiger partial charge in [0, 0.05) is 7.05 Å². The smallest absolute Gasteiger partial charge is 0.309 e. The van der Waals surface area contributed by atoms with Crippen LogP contribution in [0.15, 0.2) is 4.47 Å².